The minimum absolute atomic E-state index is 0.318. The quantitative estimate of drug-likeness (QED) is 0.345. The van der Waals surface area contributed by atoms with Crippen molar-refractivity contribution in [2.24, 2.45) is 16.9 Å². The fourth-order valence-electron chi connectivity index (χ4n) is 3.02. The highest BCUT2D eigenvalue weighted by Gasteiger charge is 2.50. The van der Waals surface area contributed by atoms with Crippen LogP contribution in [0.15, 0.2) is 41.5 Å². The van der Waals surface area contributed by atoms with Crippen molar-refractivity contribution in [3.8, 4) is 0 Å². The molecular formula is C19H16Cl2N4O3. The number of nitrogens with zero attached hydrogens (tertiary/aromatic N) is 2. The van der Waals surface area contributed by atoms with Crippen LogP contribution in [0, 0.1) is 19.8 Å². The summed E-state index contributed by atoms with van der Waals surface area (Å²) < 4.78 is 0. The van der Waals surface area contributed by atoms with Gasteiger partial charge in [-0.25, -0.2) is 4.90 Å². The van der Waals surface area contributed by atoms with Crippen molar-refractivity contribution in [2.45, 2.75) is 13.8 Å². The Labute approximate surface area is 171 Å². The second-order valence-electron chi connectivity index (χ2n) is 6.31. The molecule has 2 aromatic rings. The number of aryl methyl sites for hydroxylation is 2. The molecule has 0 radical (unpaired) electrons. The van der Waals surface area contributed by atoms with Crippen LogP contribution in [-0.2, 0) is 14.4 Å². The van der Waals surface area contributed by atoms with Gasteiger partial charge in [0.2, 0.25) is 5.91 Å². The first kappa shape index (κ1) is 19.9. The number of hydrogen-bond acceptors (Lipinski definition) is 5. The molecule has 0 saturated carbocycles. The van der Waals surface area contributed by atoms with Crippen molar-refractivity contribution < 1.29 is 14.4 Å². The smallest absolute Gasteiger partial charge is 0.282 e. The van der Waals surface area contributed by atoms with Gasteiger partial charge in [0, 0.05) is 15.7 Å². The van der Waals surface area contributed by atoms with E-state index in [4.69, 9.17) is 29.0 Å². The molecule has 3 amide bonds. The van der Waals surface area contributed by atoms with Crippen molar-refractivity contribution in [1.82, 2.24) is 0 Å². The zero-order valence-electron chi connectivity index (χ0n) is 15.0. The third-order valence-electron chi connectivity index (χ3n) is 4.41. The molecule has 1 aliphatic heterocycles. The number of hydrogen-bond donors (Lipinski definition) is 2. The number of benzene rings is 2. The monoisotopic (exact) mass is 418 g/mol. The van der Waals surface area contributed by atoms with Gasteiger partial charge in [0.1, 0.15) is 5.71 Å². The highest BCUT2D eigenvalue weighted by Crippen LogP contribution is 2.30. The van der Waals surface area contributed by atoms with Gasteiger partial charge in [-0.15, -0.1) is 0 Å². The zero-order valence-corrected chi connectivity index (χ0v) is 16.5. The van der Waals surface area contributed by atoms with Crippen molar-refractivity contribution in [2.75, 3.05) is 10.2 Å². The highest BCUT2D eigenvalue weighted by molar-refractivity contribution is 6.61. The summed E-state index contributed by atoms with van der Waals surface area (Å²) in [4.78, 5) is 39.4. The lowest BCUT2D eigenvalue weighted by atomic mass is 10.0. The van der Waals surface area contributed by atoms with Crippen LogP contribution in [0.5, 0.6) is 0 Å². The molecule has 1 aliphatic rings. The summed E-state index contributed by atoms with van der Waals surface area (Å²) >= 11 is 11.9. The number of halogens is 2. The number of carbonyl (C=O) groups is 3. The number of hydrazone groups is 1. The van der Waals surface area contributed by atoms with E-state index in [1.54, 1.807) is 44.2 Å². The van der Waals surface area contributed by atoms with E-state index in [9.17, 15) is 14.4 Å². The van der Waals surface area contributed by atoms with Crippen LogP contribution >= 0.6 is 23.2 Å². The summed E-state index contributed by atoms with van der Waals surface area (Å²) in [5.74, 6) is 1.69. The maximum absolute atomic E-state index is 12.9. The molecule has 3 rings (SSSR count). The van der Waals surface area contributed by atoms with Crippen molar-refractivity contribution in [3.63, 3.8) is 0 Å². The third kappa shape index (κ3) is 3.46. The number of nitrogens with two attached hydrogens (primary N) is 1. The van der Waals surface area contributed by atoms with Crippen LogP contribution in [0.4, 0.5) is 11.4 Å². The van der Waals surface area contributed by atoms with Gasteiger partial charge in [-0.05, 0) is 61.4 Å². The van der Waals surface area contributed by atoms with E-state index in [1.165, 1.54) is 6.07 Å². The molecule has 0 unspecified atom stereocenters. The Morgan fingerprint density at radius 1 is 1.07 bits per heavy atom. The summed E-state index contributed by atoms with van der Waals surface area (Å²) in [5.41, 5.74) is 1.75. The summed E-state index contributed by atoms with van der Waals surface area (Å²) in [5, 5.41) is 7.02. The Hall–Kier alpha value is -2.90. The minimum atomic E-state index is -1.46. The van der Waals surface area contributed by atoms with E-state index >= 15 is 0 Å². The number of anilines is 2. The average molecular weight is 419 g/mol. The fraction of sp³-hybridized carbons (Fsp3) is 0.158. The molecule has 144 valence electrons. The molecule has 28 heavy (non-hydrogen) atoms. The Morgan fingerprint density at radius 3 is 2.25 bits per heavy atom. The summed E-state index contributed by atoms with van der Waals surface area (Å²) in [6.07, 6.45) is 0. The molecule has 2 aromatic carbocycles. The van der Waals surface area contributed by atoms with Crippen molar-refractivity contribution in [1.29, 1.82) is 0 Å². The van der Waals surface area contributed by atoms with E-state index in [0.717, 1.165) is 4.90 Å². The second kappa shape index (κ2) is 7.61. The highest BCUT2D eigenvalue weighted by atomic mass is 35.5. The average Bonchev–Trinajstić information content (AvgIpc) is 2.88. The molecule has 7 nitrogen and oxygen atoms in total. The van der Waals surface area contributed by atoms with Gasteiger partial charge in [-0.2, -0.15) is 5.10 Å². The number of carbonyl (C=O) groups excluding carboxylic acids is 3. The Balaban J connectivity index is 1.95. The Kier molecular flexibility index (Phi) is 5.40. The molecule has 1 fully saturated rings. The number of rotatable bonds is 3. The predicted molar refractivity (Wildman–Crippen MR) is 109 cm³/mol. The van der Waals surface area contributed by atoms with E-state index < -0.39 is 23.6 Å². The van der Waals surface area contributed by atoms with Gasteiger partial charge >= 0.3 is 0 Å². The van der Waals surface area contributed by atoms with Gasteiger partial charge in [0.25, 0.3) is 11.8 Å². The third-order valence-corrected chi connectivity index (χ3v) is 4.88. The normalized spacial score (nSPS) is 18.1. The van der Waals surface area contributed by atoms with Crippen LogP contribution in [0.25, 0.3) is 0 Å². The number of imide groups is 1. The van der Waals surface area contributed by atoms with Gasteiger partial charge in [-0.3, -0.25) is 14.4 Å². The summed E-state index contributed by atoms with van der Waals surface area (Å²) in [6.45, 7) is 3.45. The molecule has 0 aromatic heterocycles. The maximum Gasteiger partial charge on any atom is 0.282 e. The zero-order chi connectivity index (χ0) is 20.6. The topological polar surface area (TPSA) is 105 Å². The molecule has 1 atom stereocenters. The summed E-state index contributed by atoms with van der Waals surface area (Å²) in [7, 11) is 0. The number of nitrogens with one attached hydrogen (secondary N) is 1. The predicted octanol–water partition coefficient (Wildman–Crippen LogP) is 3.05. The van der Waals surface area contributed by atoms with Gasteiger partial charge in [0.05, 0.1) is 5.69 Å². The maximum atomic E-state index is 12.9. The van der Waals surface area contributed by atoms with Crippen LogP contribution < -0.4 is 16.1 Å². The van der Waals surface area contributed by atoms with E-state index in [0.29, 0.717) is 32.5 Å². The van der Waals surface area contributed by atoms with E-state index in [2.05, 4.69) is 10.4 Å². The Morgan fingerprint density at radius 2 is 1.68 bits per heavy atom. The molecule has 3 N–H and O–H groups in total. The molecule has 0 spiro atoms. The molecule has 1 saturated heterocycles. The first-order valence-electron chi connectivity index (χ1n) is 8.24. The molecule has 0 bridgehead atoms. The first-order valence-corrected chi connectivity index (χ1v) is 8.99. The van der Waals surface area contributed by atoms with Gasteiger partial charge in [-0.1, -0.05) is 23.2 Å². The van der Waals surface area contributed by atoms with Crippen molar-refractivity contribution in [3.05, 3.63) is 57.6 Å². The van der Waals surface area contributed by atoms with E-state index in [1.807, 2.05) is 0 Å². The lowest BCUT2D eigenvalue weighted by Gasteiger charge is -2.17. The molecular weight excluding hydrogens is 403 g/mol. The molecule has 1 heterocycles. The van der Waals surface area contributed by atoms with Gasteiger partial charge < -0.3 is 11.2 Å². The van der Waals surface area contributed by atoms with Crippen LogP contribution in [0.1, 0.15) is 11.1 Å². The SMILES string of the molecule is Cc1cc(Cl)ccc1NC(=O)[C@H]1C(=O)N(c2ccc(Cl)cc2C)C(=O)/C1=N/N. The van der Waals surface area contributed by atoms with Crippen molar-refractivity contribution >= 4 is 58.0 Å². The lowest BCUT2D eigenvalue weighted by Crippen LogP contribution is -2.35. The lowest BCUT2D eigenvalue weighted by molar-refractivity contribution is -0.127. The minimum Gasteiger partial charge on any atom is -0.325 e. The largest absolute Gasteiger partial charge is 0.325 e. The standard InChI is InChI=1S/C19H16Cl2N4O3/c1-9-7-11(20)3-5-13(9)23-17(26)15-16(24-22)19(28)25(18(15)27)14-6-4-12(21)8-10(14)2/h3-8,15H,22H2,1-2H3,(H,23,26)/b24-16+/t15-/m0/s1. The van der Waals surface area contributed by atoms with Gasteiger partial charge in [0.15, 0.2) is 5.92 Å². The van der Waals surface area contributed by atoms with E-state index in [-0.39, 0.29) is 5.71 Å². The first-order chi connectivity index (χ1) is 13.2. The number of amides is 3. The van der Waals surface area contributed by atoms with Crippen LogP contribution in [0.3, 0.4) is 0 Å². The summed E-state index contributed by atoms with van der Waals surface area (Å²) in [6, 6.07) is 9.57. The molecule has 9 heteroatoms. The van der Waals surface area contributed by atoms with Crippen LogP contribution in [0.2, 0.25) is 10.0 Å². The molecule has 0 aliphatic carbocycles. The Bertz CT molecular complexity index is 1040. The fourth-order valence-corrected chi connectivity index (χ4v) is 3.47. The van der Waals surface area contributed by atoms with Crippen LogP contribution in [-0.4, -0.2) is 23.4 Å². The second-order valence-corrected chi connectivity index (χ2v) is 7.18.